The van der Waals surface area contributed by atoms with E-state index in [1.165, 1.54) is 6.26 Å². The Hall–Kier alpha value is -0.770. The van der Waals surface area contributed by atoms with E-state index in [1.54, 1.807) is 6.07 Å². The summed E-state index contributed by atoms with van der Waals surface area (Å²) in [5.74, 6) is 0.0208. The van der Waals surface area contributed by atoms with Crippen molar-refractivity contribution < 1.29 is 9.21 Å². The lowest BCUT2D eigenvalue weighted by molar-refractivity contribution is 0.0698. The summed E-state index contributed by atoms with van der Waals surface area (Å²) in [7, 11) is 0. The largest absolute Gasteiger partial charge is 0.457 e. The zero-order chi connectivity index (χ0) is 11.4. The number of carbonyl (C=O) groups excluding carboxylic acids is 1. The average molecular weight is 274 g/mol. The summed E-state index contributed by atoms with van der Waals surface area (Å²) in [6, 6.07) is 1.95. The van der Waals surface area contributed by atoms with Gasteiger partial charge >= 0.3 is 0 Å². The minimum absolute atomic E-state index is 0.0208. The molecule has 0 N–H and O–H groups in total. The van der Waals surface area contributed by atoms with E-state index in [0.717, 1.165) is 6.42 Å². The van der Waals surface area contributed by atoms with Crippen molar-refractivity contribution in [3.05, 3.63) is 22.6 Å². The molecule has 15 heavy (non-hydrogen) atoms. The van der Waals surface area contributed by atoms with Gasteiger partial charge in [0, 0.05) is 12.6 Å². The lowest BCUT2D eigenvalue weighted by Gasteiger charge is -2.26. The number of carbonyl (C=O) groups is 1. The summed E-state index contributed by atoms with van der Waals surface area (Å²) < 4.78 is 5.57. The third kappa shape index (κ3) is 2.62. The molecule has 0 saturated carbocycles. The van der Waals surface area contributed by atoms with Crippen LogP contribution in [-0.4, -0.2) is 23.4 Å². The zero-order valence-corrected chi connectivity index (χ0v) is 10.9. The maximum absolute atomic E-state index is 12.1. The van der Waals surface area contributed by atoms with Gasteiger partial charge in [-0.1, -0.05) is 6.92 Å². The molecule has 4 heteroatoms. The molecule has 1 amide bonds. The highest BCUT2D eigenvalue weighted by atomic mass is 79.9. The predicted molar refractivity (Wildman–Crippen MR) is 62.9 cm³/mol. The first-order chi connectivity index (χ1) is 7.11. The van der Waals surface area contributed by atoms with Gasteiger partial charge in [0.2, 0.25) is 0 Å². The number of nitrogens with zero attached hydrogens (tertiary/aromatic N) is 1. The third-order valence-corrected chi connectivity index (χ3v) is 3.19. The quantitative estimate of drug-likeness (QED) is 0.844. The van der Waals surface area contributed by atoms with Crippen LogP contribution < -0.4 is 0 Å². The van der Waals surface area contributed by atoms with Crippen LogP contribution in [0.1, 0.15) is 37.6 Å². The number of hydrogen-bond donors (Lipinski definition) is 0. The second kappa shape index (κ2) is 5.35. The van der Waals surface area contributed by atoms with Gasteiger partial charge in [-0.3, -0.25) is 4.79 Å². The molecule has 0 bridgehead atoms. The first-order valence-electron chi connectivity index (χ1n) is 5.15. The van der Waals surface area contributed by atoms with Gasteiger partial charge in [-0.2, -0.15) is 0 Å². The van der Waals surface area contributed by atoms with Gasteiger partial charge in [-0.25, -0.2) is 0 Å². The standard InChI is InChI=1S/C11H16BrNO2/c1-4-8(3)13(5-2)11(14)9-6-7-15-10(9)12/h6-8H,4-5H2,1-3H3. The van der Waals surface area contributed by atoms with Crippen molar-refractivity contribution in [3.63, 3.8) is 0 Å². The Labute approximate surface area is 98.6 Å². The van der Waals surface area contributed by atoms with E-state index < -0.39 is 0 Å². The predicted octanol–water partition coefficient (Wildman–Crippen LogP) is 3.30. The molecule has 3 nitrogen and oxygen atoms in total. The first kappa shape index (κ1) is 12.3. The number of hydrogen-bond acceptors (Lipinski definition) is 2. The lowest BCUT2D eigenvalue weighted by Crippen LogP contribution is -2.38. The Morgan fingerprint density at radius 3 is 2.67 bits per heavy atom. The molecule has 0 aliphatic carbocycles. The molecule has 1 atom stereocenters. The van der Waals surface area contributed by atoms with Crippen LogP contribution >= 0.6 is 15.9 Å². The maximum atomic E-state index is 12.1. The SMILES string of the molecule is CCC(C)N(CC)C(=O)c1ccoc1Br. The van der Waals surface area contributed by atoms with Gasteiger partial charge in [-0.05, 0) is 42.3 Å². The third-order valence-electron chi connectivity index (χ3n) is 2.57. The molecule has 84 valence electrons. The van der Waals surface area contributed by atoms with Crippen molar-refractivity contribution in [1.82, 2.24) is 4.90 Å². The molecular formula is C11H16BrNO2. The maximum Gasteiger partial charge on any atom is 0.258 e. The van der Waals surface area contributed by atoms with Gasteiger partial charge in [-0.15, -0.1) is 0 Å². The van der Waals surface area contributed by atoms with E-state index in [0.29, 0.717) is 16.8 Å². The second-order valence-electron chi connectivity index (χ2n) is 3.46. The van der Waals surface area contributed by atoms with Gasteiger partial charge in [0.1, 0.15) is 0 Å². The molecule has 1 aromatic heterocycles. The molecule has 1 unspecified atom stereocenters. The Balaban J connectivity index is 2.87. The van der Waals surface area contributed by atoms with Crippen LogP contribution in [0.25, 0.3) is 0 Å². The van der Waals surface area contributed by atoms with E-state index in [4.69, 9.17) is 4.42 Å². The molecule has 0 radical (unpaired) electrons. The van der Waals surface area contributed by atoms with E-state index in [1.807, 2.05) is 11.8 Å². The molecule has 1 heterocycles. The summed E-state index contributed by atoms with van der Waals surface area (Å²) in [5.41, 5.74) is 0.595. The summed E-state index contributed by atoms with van der Waals surface area (Å²) in [6.07, 6.45) is 2.47. The van der Waals surface area contributed by atoms with E-state index in [-0.39, 0.29) is 11.9 Å². The van der Waals surface area contributed by atoms with Gasteiger partial charge < -0.3 is 9.32 Å². The van der Waals surface area contributed by atoms with Gasteiger partial charge in [0.15, 0.2) is 4.67 Å². The van der Waals surface area contributed by atoms with Crippen molar-refractivity contribution in [2.45, 2.75) is 33.2 Å². The molecule has 0 aliphatic rings. The zero-order valence-electron chi connectivity index (χ0n) is 9.29. The van der Waals surface area contributed by atoms with Crippen molar-refractivity contribution in [2.75, 3.05) is 6.54 Å². The molecule has 0 fully saturated rings. The van der Waals surface area contributed by atoms with Crippen molar-refractivity contribution in [3.8, 4) is 0 Å². The Morgan fingerprint density at radius 2 is 2.27 bits per heavy atom. The number of furan rings is 1. The highest BCUT2D eigenvalue weighted by Crippen LogP contribution is 2.20. The Bertz CT molecular complexity index is 335. The lowest BCUT2D eigenvalue weighted by atomic mass is 10.2. The minimum atomic E-state index is 0.0208. The molecule has 1 aromatic rings. The Morgan fingerprint density at radius 1 is 1.60 bits per heavy atom. The highest BCUT2D eigenvalue weighted by molar-refractivity contribution is 9.10. The molecular weight excluding hydrogens is 258 g/mol. The monoisotopic (exact) mass is 273 g/mol. The number of amides is 1. The summed E-state index contributed by atoms with van der Waals surface area (Å²) >= 11 is 3.22. The summed E-state index contributed by atoms with van der Waals surface area (Å²) in [4.78, 5) is 13.9. The van der Waals surface area contributed by atoms with Crippen LogP contribution in [0, 0.1) is 0 Å². The number of rotatable bonds is 4. The van der Waals surface area contributed by atoms with Crippen molar-refractivity contribution in [2.24, 2.45) is 0 Å². The fourth-order valence-electron chi connectivity index (χ4n) is 1.48. The van der Waals surface area contributed by atoms with Crippen LogP contribution in [0.5, 0.6) is 0 Å². The van der Waals surface area contributed by atoms with Crippen LogP contribution in [0.3, 0.4) is 0 Å². The Kier molecular flexibility index (Phi) is 4.39. The van der Waals surface area contributed by atoms with E-state index in [2.05, 4.69) is 29.8 Å². The highest BCUT2D eigenvalue weighted by Gasteiger charge is 2.21. The van der Waals surface area contributed by atoms with Crippen molar-refractivity contribution >= 4 is 21.8 Å². The normalized spacial score (nSPS) is 12.5. The van der Waals surface area contributed by atoms with Crippen LogP contribution in [0.2, 0.25) is 0 Å². The van der Waals surface area contributed by atoms with Crippen LogP contribution in [-0.2, 0) is 0 Å². The van der Waals surface area contributed by atoms with Crippen molar-refractivity contribution in [1.29, 1.82) is 0 Å². The molecule has 1 rings (SSSR count). The van der Waals surface area contributed by atoms with E-state index in [9.17, 15) is 4.79 Å². The van der Waals surface area contributed by atoms with Gasteiger partial charge in [0.25, 0.3) is 5.91 Å². The topological polar surface area (TPSA) is 33.5 Å². The molecule has 0 aliphatic heterocycles. The first-order valence-corrected chi connectivity index (χ1v) is 5.95. The average Bonchev–Trinajstić information content (AvgIpc) is 2.65. The molecule has 0 aromatic carbocycles. The summed E-state index contributed by atoms with van der Waals surface area (Å²) in [6.45, 7) is 6.82. The van der Waals surface area contributed by atoms with Crippen LogP contribution in [0.4, 0.5) is 0 Å². The fraction of sp³-hybridized carbons (Fsp3) is 0.545. The van der Waals surface area contributed by atoms with Crippen LogP contribution in [0.15, 0.2) is 21.4 Å². The number of halogens is 1. The van der Waals surface area contributed by atoms with Gasteiger partial charge in [0.05, 0.1) is 11.8 Å². The summed E-state index contributed by atoms with van der Waals surface area (Å²) in [5, 5.41) is 0. The van der Waals surface area contributed by atoms with E-state index >= 15 is 0 Å². The minimum Gasteiger partial charge on any atom is -0.457 e. The molecule has 0 spiro atoms. The smallest absolute Gasteiger partial charge is 0.258 e. The second-order valence-corrected chi connectivity index (χ2v) is 4.18. The fourth-order valence-corrected chi connectivity index (χ4v) is 1.89. The molecule has 0 saturated heterocycles.